The van der Waals surface area contributed by atoms with E-state index in [4.69, 9.17) is 5.73 Å². The van der Waals surface area contributed by atoms with Gasteiger partial charge in [0, 0.05) is 25.0 Å². The zero-order chi connectivity index (χ0) is 15.9. The number of aryl methyl sites for hydroxylation is 1. The number of piperidine rings is 1. The second-order valence-electron chi connectivity index (χ2n) is 6.04. The molecule has 0 saturated carbocycles. The Balaban J connectivity index is 1.71. The Labute approximate surface area is 131 Å². The SMILES string of the molecule is C[C@@H](CCc1ccccc1)NC(=O)N1CCC(C(N)=O)CC1. The summed E-state index contributed by atoms with van der Waals surface area (Å²) in [6.45, 7) is 3.23. The normalized spacial score (nSPS) is 17.0. The molecular weight excluding hydrogens is 278 g/mol. The third-order valence-electron chi connectivity index (χ3n) is 4.26. The Morgan fingerprint density at radius 3 is 2.50 bits per heavy atom. The lowest BCUT2D eigenvalue weighted by Gasteiger charge is -2.31. The van der Waals surface area contributed by atoms with Crippen LogP contribution >= 0.6 is 0 Å². The molecule has 0 spiro atoms. The van der Waals surface area contributed by atoms with Crippen LogP contribution in [-0.2, 0) is 11.2 Å². The van der Waals surface area contributed by atoms with E-state index in [1.54, 1.807) is 4.90 Å². The predicted octanol–water partition coefficient (Wildman–Crippen LogP) is 1.91. The summed E-state index contributed by atoms with van der Waals surface area (Å²) in [6, 6.07) is 10.4. The highest BCUT2D eigenvalue weighted by molar-refractivity contribution is 5.78. The molecule has 1 saturated heterocycles. The Morgan fingerprint density at radius 1 is 1.27 bits per heavy atom. The molecule has 1 aliphatic rings. The van der Waals surface area contributed by atoms with Gasteiger partial charge in [0.15, 0.2) is 0 Å². The summed E-state index contributed by atoms with van der Waals surface area (Å²) in [7, 11) is 0. The van der Waals surface area contributed by atoms with E-state index in [0.29, 0.717) is 25.9 Å². The molecule has 1 aromatic carbocycles. The number of primary amides is 1. The van der Waals surface area contributed by atoms with Crippen molar-refractivity contribution in [2.24, 2.45) is 11.7 Å². The summed E-state index contributed by atoms with van der Waals surface area (Å²) in [5.74, 6) is -0.337. The topological polar surface area (TPSA) is 75.4 Å². The van der Waals surface area contributed by atoms with E-state index in [2.05, 4.69) is 17.4 Å². The summed E-state index contributed by atoms with van der Waals surface area (Å²) in [4.78, 5) is 25.1. The van der Waals surface area contributed by atoms with Gasteiger partial charge in [0.05, 0.1) is 0 Å². The third-order valence-corrected chi connectivity index (χ3v) is 4.26. The van der Waals surface area contributed by atoms with E-state index >= 15 is 0 Å². The number of carbonyl (C=O) groups excluding carboxylic acids is 2. The number of nitrogens with two attached hydrogens (primary N) is 1. The third kappa shape index (κ3) is 4.76. The van der Waals surface area contributed by atoms with Gasteiger partial charge in [-0.1, -0.05) is 30.3 Å². The van der Waals surface area contributed by atoms with Crippen LogP contribution in [0, 0.1) is 5.92 Å². The molecule has 1 aromatic rings. The van der Waals surface area contributed by atoms with Gasteiger partial charge in [0.25, 0.3) is 0 Å². The van der Waals surface area contributed by atoms with Crippen LogP contribution in [0.25, 0.3) is 0 Å². The minimum absolute atomic E-state index is 0.0384. The second kappa shape index (κ2) is 7.82. The van der Waals surface area contributed by atoms with Crippen molar-refractivity contribution < 1.29 is 9.59 Å². The molecule has 1 aliphatic heterocycles. The number of nitrogens with one attached hydrogen (secondary N) is 1. The van der Waals surface area contributed by atoms with Crippen molar-refractivity contribution in [3.8, 4) is 0 Å². The van der Waals surface area contributed by atoms with Crippen molar-refractivity contribution in [2.75, 3.05) is 13.1 Å². The number of amides is 3. The van der Waals surface area contributed by atoms with Crippen LogP contribution in [0.2, 0.25) is 0 Å². The van der Waals surface area contributed by atoms with Gasteiger partial charge < -0.3 is 16.0 Å². The lowest BCUT2D eigenvalue weighted by Crippen LogP contribution is -2.48. The first kappa shape index (κ1) is 16.3. The van der Waals surface area contributed by atoms with Gasteiger partial charge in [-0.25, -0.2) is 4.79 Å². The number of hydrogen-bond donors (Lipinski definition) is 2. The maximum Gasteiger partial charge on any atom is 0.317 e. The van der Waals surface area contributed by atoms with Gasteiger partial charge in [-0.3, -0.25) is 4.79 Å². The molecule has 1 heterocycles. The zero-order valence-corrected chi connectivity index (χ0v) is 13.1. The summed E-state index contributed by atoms with van der Waals surface area (Å²) in [5, 5.41) is 3.03. The Bertz CT molecular complexity index is 496. The highest BCUT2D eigenvalue weighted by Crippen LogP contribution is 2.16. The molecule has 0 bridgehead atoms. The smallest absolute Gasteiger partial charge is 0.317 e. The molecule has 0 aliphatic carbocycles. The number of carbonyl (C=O) groups is 2. The van der Waals surface area contributed by atoms with Crippen molar-refractivity contribution in [2.45, 2.75) is 38.6 Å². The molecule has 3 amide bonds. The quantitative estimate of drug-likeness (QED) is 0.872. The summed E-state index contributed by atoms with van der Waals surface area (Å²) < 4.78 is 0. The Hall–Kier alpha value is -2.04. The maximum atomic E-state index is 12.2. The minimum Gasteiger partial charge on any atom is -0.369 e. The van der Waals surface area contributed by atoms with Gasteiger partial charge in [0.1, 0.15) is 0 Å². The molecule has 3 N–H and O–H groups in total. The minimum atomic E-state index is -0.253. The number of benzene rings is 1. The molecule has 0 radical (unpaired) electrons. The summed E-state index contributed by atoms with van der Waals surface area (Å²) in [5.41, 5.74) is 6.59. The van der Waals surface area contributed by atoms with Crippen molar-refractivity contribution in [3.63, 3.8) is 0 Å². The zero-order valence-electron chi connectivity index (χ0n) is 13.1. The number of likely N-dealkylation sites (tertiary alicyclic amines) is 1. The van der Waals surface area contributed by atoms with Crippen LogP contribution in [0.4, 0.5) is 4.79 Å². The molecule has 0 unspecified atom stereocenters. The average molecular weight is 303 g/mol. The average Bonchev–Trinajstić information content (AvgIpc) is 2.54. The predicted molar refractivity (Wildman–Crippen MR) is 86.2 cm³/mol. The highest BCUT2D eigenvalue weighted by atomic mass is 16.2. The molecule has 120 valence electrons. The van der Waals surface area contributed by atoms with Crippen LogP contribution in [-0.4, -0.2) is 36.0 Å². The van der Waals surface area contributed by atoms with Crippen LogP contribution in [0.3, 0.4) is 0 Å². The van der Waals surface area contributed by atoms with Crippen LogP contribution < -0.4 is 11.1 Å². The van der Waals surface area contributed by atoms with Crippen LogP contribution in [0.5, 0.6) is 0 Å². The maximum absolute atomic E-state index is 12.2. The summed E-state index contributed by atoms with van der Waals surface area (Å²) >= 11 is 0. The van der Waals surface area contributed by atoms with E-state index < -0.39 is 0 Å². The van der Waals surface area contributed by atoms with Crippen molar-refractivity contribution in [3.05, 3.63) is 35.9 Å². The molecule has 22 heavy (non-hydrogen) atoms. The monoisotopic (exact) mass is 303 g/mol. The largest absolute Gasteiger partial charge is 0.369 e. The van der Waals surface area contributed by atoms with E-state index in [0.717, 1.165) is 12.8 Å². The van der Waals surface area contributed by atoms with Crippen LogP contribution in [0.1, 0.15) is 31.7 Å². The lowest BCUT2D eigenvalue weighted by molar-refractivity contribution is -0.123. The summed E-state index contributed by atoms with van der Waals surface area (Å²) in [6.07, 6.45) is 3.20. The second-order valence-corrected chi connectivity index (χ2v) is 6.04. The molecule has 5 nitrogen and oxygen atoms in total. The number of nitrogens with zero attached hydrogens (tertiary/aromatic N) is 1. The van der Waals surface area contributed by atoms with Crippen molar-refractivity contribution in [1.82, 2.24) is 10.2 Å². The van der Waals surface area contributed by atoms with Gasteiger partial charge in [-0.05, 0) is 38.2 Å². The first-order chi connectivity index (χ1) is 10.6. The molecule has 0 aromatic heterocycles. The molecule has 2 rings (SSSR count). The number of urea groups is 1. The standard InChI is InChI=1S/C17H25N3O2/c1-13(7-8-14-5-3-2-4-6-14)19-17(22)20-11-9-15(10-12-20)16(18)21/h2-6,13,15H,7-12H2,1H3,(H2,18,21)(H,19,22)/t13-/m0/s1. The fourth-order valence-electron chi connectivity index (χ4n) is 2.77. The fourth-order valence-corrected chi connectivity index (χ4v) is 2.77. The molecule has 1 fully saturated rings. The number of hydrogen-bond acceptors (Lipinski definition) is 2. The van der Waals surface area contributed by atoms with Crippen LogP contribution in [0.15, 0.2) is 30.3 Å². The van der Waals surface area contributed by atoms with Gasteiger partial charge in [-0.15, -0.1) is 0 Å². The highest BCUT2D eigenvalue weighted by Gasteiger charge is 2.26. The van der Waals surface area contributed by atoms with Gasteiger partial charge in [0.2, 0.25) is 5.91 Å². The molecular formula is C17H25N3O2. The van der Waals surface area contributed by atoms with Gasteiger partial charge in [-0.2, -0.15) is 0 Å². The van der Waals surface area contributed by atoms with Crippen molar-refractivity contribution >= 4 is 11.9 Å². The van der Waals surface area contributed by atoms with E-state index in [-0.39, 0.29) is 23.9 Å². The van der Waals surface area contributed by atoms with E-state index in [1.807, 2.05) is 25.1 Å². The van der Waals surface area contributed by atoms with E-state index in [1.165, 1.54) is 5.56 Å². The van der Waals surface area contributed by atoms with Crippen molar-refractivity contribution in [1.29, 1.82) is 0 Å². The lowest BCUT2D eigenvalue weighted by atomic mass is 9.96. The molecule has 1 atom stereocenters. The van der Waals surface area contributed by atoms with Gasteiger partial charge >= 0.3 is 6.03 Å². The Kier molecular flexibility index (Phi) is 5.81. The fraction of sp³-hybridized carbons (Fsp3) is 0.529. The first-order valence-corrected chi connectivity index (χ1v) is 7.95. The molecule has 5 heteroatoms. The van der Waals surface area contributed by atoms with E-state index in [9.17, 15) is 9.59 Å². The Morgan fingerprint density at radius 2 is 1.91 bits per heavy atom. The first-order valence-electron chi connectivity index (χ1n) is 7.95. The number of rotatable bonds is 5.